The minimum atomic E-state index is -0.690. The smallest absolute Gasteiger partial charge is 0.267 e. The number of ether oxygens (including phenoxy) is 2. The molecule has 0 radical (unpaired) electrons. The van der Waals surface area contributed by atoms with Crippen LogP contribution in [0.4, 0.5) is 0 Å². The van der Waals surface area contributed by atoms with Crippen molar-refractivity contribution >= 4 is 17.2 Å². The molecule has 3 aromatic rings. The Labute approximate surface area is 154 Å². The van der Waals surface area contributed by atoms with Crippen LogP contribution < -0.4 is 9.47 Å². The third-order valence-electron chi connectivity index (χ3n) is 4.01. The molecule has 0 saturated carbocycles. The largest absolute Gasteiger partial charge is 0.485 e. The molecule has 0 bridgehead atoms. The van der Waals surface area contributed by atoms with Crippen LogP contribution in [0.3, 0.4) is 0 Å². The highest BCUT2D eigenvalue weighted by Crippen LogP contribution is 2.31. The first-order valence-electron chi connectivity index (χ1n) is 8.28. The quantitative estimate of drug-likeness (QED) is 0.686. The predicted octanol–water partition coefficient (Wildman–Crippen LogP) is 2.99. The third-order valence-corrected chi connectivity index (χ3v) is 4.88. The van der Waals surface area contributed by atoms with Gasteiger partial charge in [-0.25, -0.2) is 0 Å². The van der Waals surface area contributed by atoms with Crippen LogP contribution in [0.5, 0.6) is 11.5 Å². The van der Waals surface area contributed by atoms with Gasteiger partial charge in [0.2, 0.25) is 17.8 Å². The zero-order chi connectivity index (χ0) is 17.9. The predicted molar refractivity (Wildman–Crippen MR) is 95.1 cm³/mol. The van der Waals surface area contributed by atoms with E-state index in [1.165, 1.54) is 11.3 Å². The lowest BCUT2D eigenvalue weighted by Crippen LogP contribution is -2.46. The number of hydrogen-bond donors (Lipinski definition) is 0. The minimum absolute atomic E-state index is 0.169. The van der Waals surface area contributed by atoms with Crippen molar-refractivity contribution in [3.63, 3.8) is 0 Å². The van der Waals surface area contributed by atoms with Gasteiger partial charge in [-0.15, -0.1) is 11.3 Å². The van der Waals surface area contributed by atoms with Crippen molar-refractivity contribution in [3.05, 3.63) is 47.7 Å². The summed E-state index contributed by atoms with van der Waals surface area (Å²) in [6, 6.07) is 11.2. The molecule has 1 aliphatic heterocycles. The van der Waals surface area contributed by atoms with E-state index >= 15 is 0 Å². The molecule has 4 rings (SSSR count). The highest BCUT2D eigenvalue weighted by atomic mass is 32.1. The number of thiophene rings is 1. The van der Waals surface area contributed by atoms with Crippen molar-refractivity contribution in [1.29, 1.82) is 0 Å². The van der Waals surface area contributed by atoms with Gasteiger partial charge in [0.1, 0.15) is 13.2 Å². The summed E-state index contributed by atoms with van der Waals surface area (Å²) in [4.78, 5) is 19.7. The number of carbonyl (C=O) groups is 1. The van der Waals surface area contributed by atoms with Gasteiger partial charge in [-0.1, -0.05) is 23.4 Å². The lowest BCUT2D eigenvalue weighted by atomic mass is 10.2. The molecule has 0 fully saturated rings. The van der Waals surface area contributed by atoms with Crippen LogP contribution in [0.15, 0.2) is 46.3 Å². The number of nitrogens with zero attached hydrogens (tertiary/aromatic N) is 3. The summed E-state index contributed by atoms with van der Waals surface area (Å²) in [5.74, 6) is 1.98. The molecule has 1 aliphatic rings. The van der Waals surface area contributed by atoms with Crippen LogP contribution in [0.25, 0.3) is 10.7 Å². The van der Waals surface area contributed by atoms with Gasteiger partial charge in [0, 0.05) is 6.54 Å². The van der Waals surface area contributed by atoms with Crippen molar-refractivity contribution in [2.75, 3.05) is 13.2 Å². The fraction of sp³-hybridized carbons (Fsp3) is 0.278. The molecule has 26 heavy (non-hydrogen) atoms. The fourth-order valence-electron chi connectivity index (χ4n) is 2.68. The van der Waals surface area contributed by atoms with Gasteiger partial charge in [-0.05, 0) is 30.5 Å². The van der Waals surface area contributed by atoms with E-state index in [0.29, 0.717) is 29.8 Å². The zero-order valence-corrected chi connectivity index (χ0v) is 14.9. The van der Waals surface area contributed by atoms with Crippen molar-refractivity contribution in [3.8, 4) is 22.2 Å². The monoisotopic (exact) mass is 371 g/mol. The standard InChI is InChI=1S/C18H17N3O4S/c1-2-21(10-16-19-17(20-25-16)15-8-5-9-26-15)18(22)14-11-23-12-6-3-4-7-13(12)24-14/h3-9,14H,2,10-11H2,1H3. The molecule has 1 aromatic carbocycles. The summed E-state index contributed by atoms with van der Waals surface area (Å²) in [5, 5.41) is 5.93. The first kappa shape index (κ1) is 16.6. The van der Waals surface area contributed by atoms with Crippen molar-refractivity contribution < 1.29 is 18.8 Å². The molecule has 3 heterocycles. The van der Waals surface area contributed by atoms with Gasteiger partial charge in [0.15, 0.2) is 11.5 Å². The molecule has 7 nitrogen and oxygen atoms in total. The normalized spacial score (nSPS) is 15.7. The molecule has 8 heteroatoms. The number of fused-ring (bicyclic) bond motifs is 1. The molecule has 0 aliphatic carbocycles. The molecule has 134 valence electrons. The zero-order valence-electron chi connectivity index (χ0n) is 14.1. The van der Waals surface area contributed by atoms with E-state index in [0.717, 1.165) is 4.88 Å². The number of carbonyl (C=O) groups excluding carboxylic acids is 1. The summed E-state index contributed by atoms with van der Waals surface area (Å²) in [5.41, 5.74) is 0. The Morgan fingerprint density at radius 3 is 2.88 bits per heavy atom. The Balaban J connectivity index is 1.45. The summed E-state index contributed by atoms with van der Waals surface area (Å²) in [7, 11) is 0. The molecule has 0 N–H and O–H groups in total. The second-order valence-corrected chi connectivity index (χ2v) is 6.65. The summed E-state index contributed by atoms with van der Waals surface area (Å²) < 4.78 is 16.7. The van der Waals surface area contributed by atoms with Gasteiger partial charge in [-0.2, -0.15) is 4.98 Å². The van der Waals surface area contributed by atoms with Gasteiger partial charge in [-0.3, -0.25) is 4.79 Å². The second-order valence-electron chi connectivity index (χ2n) is 5.71. The number of amides is 1. The maximum atomic E-state index is 12.8. The van der Waals surface area contributed by atoms with Gasteiger partial charge in [0.05, 0.1) is 4.88 Å². The van der Waals surface area contributed by atoms with E-state index in [4.69, 9.17) is 14.0 Å². The Morgan fingerprint density at radius 2 is 2.12 bits per heavy atom. The first-order chi connectivity index (χ1) is 12.7. The Morgan fingerprint density at radius 1 is 1.27 bits per heavy atom. The third kappa shape index (κ3) is 3.28. The molecule has 1 amide bonds. The summed E-state index contributed by atoms with van der Waals surface area (Å²) in [6.07, 6.45) is -0.690. The van der Waals surface area contributed by atoms with E-state index in [1.54, 1.807) is 11.0 Å². The van der Waals surface area contributed by atoms with E-state index in [9.17, 15) is 4.79 Å². The topological polar surface area (TPSA) is 77.7 Å². The van der Waals surface area contributed by atoms with Crippen molar-refractivity contribution in [2.24, 2.45) is 0 Å². The summed E-state index contributed by atoms with van der Waals surface area (Å²) >= 11 is 1.53. The number of para-hydroxylation sites is 2. The average Bonchev–Trinajstić information content (AvgIpc) is 3.36. The Hall–Kier alpha value is -2.87. The molecule has 1 unspecified atom stereocenters. The van der Waals surface area contributed by atoms with Crippen LogP contribution in [0.2, 0.25) is 0 Å². The van der Waals surface area contributed by atoms with Gasteiger partial charge >= 0.3 is 0 Å². The van der Waals surface area contributed by atoms with Crippen LogP contribution in [0, 0.1) is 0 Å². The highest BCUT2D eigenvalue weighted by molar-refractivity contribution is 7.13. The molecule has 1 atom stereocenters. The second kappa shape index (κ2) is 7.17. The number of likely N-dealkylation sites (N-methyl/N-ethyl adjacent to an activating group) is 1. The lowest BCUT2D eigenvalue weighted by Gasteiger charge is -2.29. The van der Waals surface area contributed by atoms with E-state index in [2.05, 4.69) is 10.1 Å². The molecule has 2 aromatic heterocycles. The van der Waals surface area contributed by atoms with Crippen LogP contribution in [-0.4, -0.2) is 40.2 Å². The maximum absolute atomic E-state index is 12.8. The van der Waals surface area contributed by atoms with E-state index < -0.39 is 6.10 Å². The first-order valence-corrected chi connectivity index (χ1v) is 9.16. The van der Waals surface area contributed by atoms with E-state index in [-0.39, 0.29) is 19.1 Å². The Bertz CT molecular complexity index is 893. The Kier molecular flexibility index (Phi) is 4.57. The van der Waals surface area contributed by atoms with Crippen LogP contribution in [0.1, 0.15) is 12.8 Å². The van der Waals surface area contributed by atoms with Crippen LogP contribution >= 0.6 is 11.3 Å². The van der Waals surface area contributed by atoms with E-state index in [1.807, 2.05) is 42.6 Å². The van der Waals surface area contributed by atoms with Crippen molar-refractivity contribution in [2.45, 2.75) is 19.6 Å². The number of hydrogen-bond acceptors (Lipinski definition) is 7. The highest BCUT2D eigenvalue weighted by Gasteiger charge is 2.31. The van der Waals surface area contributed by atoms with Crippen molar-refractivity contribution in [1.82, 2.24) is 15.0 Å². The van der Waals surface area contributed by atoms with Gasteiger partial charge in [0.25, 0.3) is 5.91 Å². The van der Waals surface area contributed by atoms with Crippen LogP contribution in [-0.2, 0) is 11.3 Å². The minimum Gasteiger partial charge on any atom is -0.485 e. The SMILES string of the molecule is CCN(Cc1nc(-c2cccs2)no1)C(=O)C1COc2ccccc2O1. The summed E-state index contributed by atoms with van der Waals surface area (Å²) in [6.45, 7) is 2.80. The number of rotatable bonds is 5. The molecular formula is C18H17N3O4S. The maximum Gasteiger partial charge on any atom is 0.267 e. The van der Waals surface area contributed by atoms with Gasteiger partial charge < -0.3 is 18.9 Å². The number of aromatic nitrogens is 2. The fourth-order valence-corrected chi connectivity index (χ4v) is 3.33. The molecule has 0 saturated heterocycles. The number of benzene rings is 1. The molecular weight excluding hydrogens is 354 g/mol. The molecule has 0 spiro atoms. The average molecular weight is 371 g/mol. The lowest BCUT2D eigenvalue weighted by molar-refractivity contribution is -0.142.